The van der Waals surface area contributed by atoms with Gasteiger partial charge in [-0.3, -0.25) is 9.48 Å². The van der Waals surface area contributed by atoms with E-state index in [0.717, 1.165) is 17.1 Å². The minimum Gasteiger partial charge on any atom is -0.382 e. The highest BCUT2D eigenvalue weighted by molar-refractivity contribution is 5.73. The molecule has 0 saturated heterocycles. The lowest BCUT2D eigenvalue weighted by Crippen LogP contribution is -2.32. The van der Waals surface area contributed by atoms with Crippen molar-refractivity contribution < 1.29 is 23.1 Å². The summed E-state index contributed by atoms with van der Waals surface area (Å²) in [5.41, 5.74) is 0.166. The molecule has 0 aromatic carbocycles. The molecule has 0 amide bonds. The number of nitrogens with zero attached hydrogens (tertiary/aromatic N) is 2. The van der Waals surface area contributed by atoms with Crippen molar-refractivity contribution in [1.29, 1.82) is 0 Å². The fourth-order valence-corrected chi connectivity index (χ4v) is 0.821. The first kappa shape index (κ1) is 10.7. The van der Waals surface area contributed by atoms with Gasteiger partial charge in [-0.25, -0.2) is 0 Å². The molecule has 1 rings (SSSR count). The molecule has 0 aliphatic carbocycles. The largest absolute Gasteiger partial charge is 0.416 e. The van der Waals surface area contributed by atoms with E-state index in [2.05, 4.69) is 5.10 Å². The maximum Gasteiger partial charge on any atom is 0.416 e. The molecule has 14 heavy (non-hydrogen) atoms. The number of hydrogen-bond acceptors (Lipinski definition) is 3. The van der Waals surface area contributed by atoms with Crippen molar-refractivity contribution in [3.8, 4) is 0 Å². The van der Waals surface area contributed by atoms with E-state index in [-0.39, 0.29) is 5.56 Å². The number of aldehydes is 1. The van der Waals surface area contributed by atoms with Gasteiger partial charge in [-0.05, 0) is 0 Å². The van der Waals surface area contributed by atoms with Gasteiger partial charge in [-0.1, -0.05) is 0 Å². The van der Waals surface area contributed by atoms with Gasteiger partial charge < -0.3 is 5.11 Å². The van der Waals surface area contributed by atoms with Crippen LogP contribution in [-0.2, 0) is 6.54 Å². The summed E-state index contributed by atoms with van der Waals surface area (Å²) in [7, 11) is 0. The quantitative estimate of drug-likeness (QED) is 0.741. The molecule has 0 aliphatic heterocycles. The van der Waals surface area contributed by atoms with E-state index in [0.29, 0.717) is 6.29 Å². The number of alkyl halides is 3. The fraction of sp³-hybridized carbons (Fsp3) is 0.429. The average molecular weight is 208 g/mol. The van der Waals surface area contributed by atoms with E-state index in [1.807, 2.05) is 0 Å². The molecule has 0 saturated carbocycles. The Morgan fingerprint density at radius 2 is 2.29 bits per heavy atom. The van der Waals surface area contributed by atoms with Crippen LogP contribution in [0.15, 0.2) is 12.4 Å². The van der Waals surface area contributed by atoms with Gasteiger partial charge in [0.05, 0.1) is 18.3 Å². The molecule has 1 N–H and O–H groups in total. The lowest BCUT2D eigenvalue weighted by molar-refractivity contribution is -0.208. The summed E-state index contributed by atoms with van der Waals surface area (Å²) < 4.78 is 36.5. The molecule has 1 heterocycles. The standard InChI is InChI=1S/C7H7F3N2O2/c8-7(9,10)6(14)3-12-2-5(4-13)1-11-12/h1-2,4,6,14H,3H2. The predicted molar refractivity (Wildman–Crippen MR) is 39.7 cm³/mol. The first-order valence-electron chi connectivity index (χ1n) is 3.66. The number of aliphatic hydroxyl groups excluding tert-OH is 1. The van der Waals surface area contributed by atoms with E-state index in [1.165, 1.54) is 0 Å². The van der Waals surface area contributed by atoms with E-state index >= 15 is 0 Å². The van der Waals surface area contributed by atoms with Crippen molar-refractivity contribution in [3.05, 3.63) is 18.0 Å². The van der Waals surface area contributed by atoms with Gasteiger partial charge in [0.25, 0.3) is 0 Å². The summed E-state index contributed by atoms with van der Waals surface area (Å²) in [6.45, 7) is -0.711. The van der Waals surface area contributed by atoms with Gasteiger partial charge in [-0.2, -0.15) is 18.3 Å². The molecule has 0 bridgehead atoms. The number of carbonyl (C=O) groups excluding carboxylic acids is 1. The Labute approximate surface area is 77.0 Å². The maximum atomic E-state index is 11.9. The molecule has 4 nitrogen and oxygen atoms in total. The summed E-state index contributed by atoms with van der Waals surface area (Å²) in [6, 6.07) is 0. The molecule has 1 unspecified atom stereocenters. The lowest BCUT2D eigenvalue weighted by atomic mass is 10.3. The molecule has 0 fully saturated rings. The number of halogens is 3. The number of carbonyl (C=O) groups is 1. The van der Waals surface area contributed by atoms with Gasteiger partial charge in [-0.15, -0.1) is 0 Å². The van der Waals surface area contributed by atoms with Crippen LogP contribution in [0, 0.1) is 0 Å². The van der Waals surface area contributed by atoms with Gasteiger partial charge in [0.2, 0.25) is 0 Å². The second-order valence-corrected chi connectivity index (χ2v) is 2.67. The second kappa shape index (κ2) is 3.79. The normalized spacial score (nSPS) is 14.0. The Bertz CT molecular complexity index is 321. The molecule has 1 atom stereocenters. The van der Waals surface area contributed by atoms with Crippen LogP contribution in [0.3, 0.4) is 0 Å². The van der Waals surface area contributed by atoms with Crippen LogP contribution in [0.4, 0.5) is 13.2 Å². The maximum absolute atomic E-state index is 11.9. The molecule has 1 aromatic rings. The van der Waals surface area contributed by atoms with Crippen molar-refractivity contribution in [2.45, 2.75) is 18.8 Å². The highest BCUT2D eigenvalue weighted by atomic mass is 19.4. The topological polar surface area (TPSA) is 55.1 Å². The number of hydrogen-bond donors (Lipinski definition) is 1. The molecule has 0 spiro atoms. The molecule has 1 aromatic heterocycles. The van der Waals surface area contributed by atoms with Crippen molar-refractivity contribution in [1.82, 2.24) is 9.78 Å². The van der Waals surface area contributed by atoms with Crippen LogP contribution < -0.4 is 0 Å². The first-order valence-corrected chi connectivity index (χ1v) is 3.66. The first-order chi connectivity index (χ1) is 6.43. The van der Waals surface area contributed by atoms with Crippen LogP contribution in [0.2, 0.25) is 0 Å². The van der Waals surface area contributed by atoms with Crippen LogP contribution in [0.25, 0.3) is 0 Å². The molecule has 78 valence electrons. The molecule has 0 aliphatic rings. The fourth-order valence-electron chi connectivity index (χ4n) is 0.821. The second-order valence-electron chi connectivity index (χ2n) is 2.67. The Morgan fingerprint density at radius 3 is 2.71 bits per heavy atom. The third kappa shape index (κ3) is 2.56. The van der Waals surface area contributed by atoms with Crippen molar-refractivity contribution >= 4 is 6.29 Å². The minimum atomic E-state index is -4.67. The lowest BCUT2D eigenvalue weighted by Gasteiger charge is -2.13. The third-order valence-electron chi connectivity index (χ3n) is 1.53. The van der Waals surface area contributed by atoms with E-state index in [1.54, 1.807) is 0 Å². The molecular weight excluding hydrogens is 201 g/mol. The smallest absolute Gasteiger partial charge is 0.382 e. The molecule has 7 heteroatoms. The zero-order valence-electron chi connectivity index (χ0n) is 6.90. The Kier molecular flexibility index (Phi) is 2.90. The summed E-state index contributed by atoms with van der Waals surface area (Å²) in [5.74, 6) is 0. The Morgan fingerprint density at radius 1 is 1.64 bits per heavy atom. The summed E-state index contributed by atoms with van der Waals surface area (Å²) in [6.07, 6.45) is -4.43. The van der Waals surface area contributed by atoms with Crippen LogP contribution in [-0.4, -0.2) is 33.5 Å². The SMILES string of the molecule is O=Cc1cnn(CC(O)C(F)(F)F)c1. The highest BCUT2D eigenvalue weighted by Gasteiger charge is 2.38. The van der Waals surface area contributed by atoms with Crippen LogP contribution in [0.1, 0.15) is 10.4 Å². The summed E-state index contributed by atoms with van der Waals surface area (Å²) in [4.78, 5) is 10.2. The zero-order chi connectivity index (χ0) is 10.8. The third-order valence-corrected chi connectivity index (χ3v) is 1.53. The number of aliphatic hydroxyl groups is 1. The van der Waals surface area contributed by atoms with Crippen molar-refractivity contribution in [3.63, 3.8) is 0 Å². The zero-order valence-corrected chi connectivity index (χ0v) is 6.90. The Balaban J connectivity index is 2.65. The van der Waals surface area contributed by atoms with E-state index in [9.17, 15) is 18.0 Å². The van der Waals surface area contributed by atoms with Crippen LogP contribution in [0.5, 0.6) is 0 Å². The van der Waals surface area contributed by atoms with Crippen molar-refractivity contribution in [2.75, 3.05) is 0 Å². The average Bonchev–Trinajstić information content (AvgIpc) is 2.50. The number of aromatic nitrogens is 2. The van der Waals surface area contributed by atoms with E-state index in [4.69, 9.17) is 5.11 Å². The monoisotopic (exact) mass is 208 g/mol. The summed E-state index contributed by atoms with van der Waals surface area (Å²) >= 11 is 0. The minimum absolute atomic E-state index is 0.166. The Hall–Kier alpha value is -1.37. The van der Waals surface area contributed by atoms with Gasteiger partial charge in [0.15, 0.2) is 12.4 Å². The summed E-state index contributed by atoms with van der Waals surface area (Å²) in [5, 5.41) is 12.1. The molecule has 0 radical (unpaired) electrons. The van der Waals surface area contributed by atoms with E-state index < -0.39 is 18.8 Å². The van der Waals surface area contributed by atoms with Gasteiger partial charge in [0.1, 0.15) is 0 Å². The van der Waals surface area contributed by atoms with Crippen molar-refractivity contribution in [2.24, 2.45) is 0 Å². The van der Waals surface area contributed by atoms with Gasteiger partial charge >= 0.3 is 6.18 Å². The van der Waals surface area contributed by atoms with Gasteiger partial charge in [0, 0.05) is 6.20 Å². The molecular formula is C7H7F3N2O2. The highest BCUT2D eigenvalue weighted by Crippen LogP contribution is 2.20. The van der Waals surface area contributed by atoms with Crippen LogP contribution >= 0.6 is 0 Å². The predicted octanol–water partition coefficient (Wildman–Crippen LogP) is 0.619. The number of rotatable bonds is 3.